The van der Waals surface area contributed by atoms with Crippen LogP contribution >= 0.6 is 0 Å². The van der Waals surface area contributed by atoms with Crippen LogP contribution in [0.25, 0.3) is 17.0 Å². The maximum absolute atomic E-state index is 11.2. The zero-order valence-electron chi connectivity index (χ0n) is 11.3. The normalized spacial score (nSPS) is 10.3. The summed E-state index contributed by atoms with van der Waals surface area (Å²) in [6.45, 7) is 10.9. The van der Waals surface area contributed by atoms with E-state index < -0.39 is 4.92 Å². The van der Waals surface area contributed by atoms with Gasteiger partial charge < -0.3 is 4.98 Å². The van der Waals surface area contributed by atoms with E-state index in [1.165, 1.54) is 6.07 Å². The van der Waals surface area contributed by atoms with Crippen LogP contribution in [0.4, 0.5) is 11.5 Å². The molecule has 6 nitrogen and oxygen atoms in total. The molecule has 0 aliphatic heterocycles. The molecule has 2 rings (SSSR count). The second-order valence-electron chi connectivity index (χ2n) is 4.50. The van der Waals surface area contributed by atoms with Gasteiger partial charge in [-0.25, -0.2) is 9.98 Å². The summed E-state index contributed by atoms with van der Waals surface area (Å²) in [7, 11) is 0. The van der Waals surface area contributed by atoms with E-state index in [0.29, 0.717) is 22.9 Å². The van der Waals surface area contributed by atoms with Gasteiger partial charge in [-0.05, 0) is 37.8 Å². The van der Waals surface area contributed by atoms with Gasteiger partial charge in [-0.1, -0.05) is 12.6 Å². The van der Waals surface area contributed by atoms with Gasteiger partial charge >= 0.3 is 0 Å². The lowest BCUT2D eigenvalue weighted by Crippen LogP contribution is -1.94. The Hall–Kier alpha value is -2.76. The summed E-state index contributed by atoms with van der Waals surface area (Å²) in [6.07, 6.45) is 0. The molecule has 0 amide bonds. The Morgan fingerprint density at radius 3 is 2.70 bits per heavy atom. The van der Waals surface area contributed by atoms with Crippen molar-refractivity contribution in [2.75, 3.05) is 0 Å². The van der Waals surface area contributed by atoms with Crippen LogP contribution in [0.3, 0.4) is 0 Å². The maximum atomic E-state index is 11.2. The molecule has 6 heteroatoms. The van der Waals surface area contributed by atoms with E-state index in [0.717, 1.165) is 11.1 Å². The van der Waals surface area contributed by atoms with E-state index in [2.05, 4.69) is 28.3 Å². The molecule has 0 saturated heterocycles. The quantitative estimate of drug-likeness (QED) is 0.522. The molecule has 20 heavy (non-hydrogen) atoms. The summed E-state index contributed by atoms with van der Waals surface area (Å²) in [4.78, 5) is 21.8. The molecule has 1 N–H and O–H groups in total. The minimum atomic E-state index is -0.424. The number of nitro groups is 1. The topological polar surface area (TPSA) is 84.2 Å². The Bertz CT molecular complexity index is 716. The molecule has 0 radical (unpaired) electrons. The molecule has 0 saturated carbocycles. The molecule has 2 aromatic rings. The van der Waals surface area contributed by atoms with Crippen molar-refractivity contribution in [1.82, 2.24) is 9.97 Å². The summed E-state index contributed by atoms with van der Waals surface area (Å²) < 4.78 is 0. The zero-order valence-corrected chi connectivity index (χ0v) is 11.3. The molecule has 0 atom stereocenters. The number of hydrogen-bond donors (Lipinski definition) is 1. The highest BCUT2D eigenvalue weighted by molar-refractivity contribution is 5.75. The van der Waals surface area contributed by atoms with Crippen LogP contribution in [0, 0.1) is 17.0 Å². The molecule has 1 aromatic carbocycles. The first-order chi connectivity index (χ1) is 9.43. The first kappa shape index (κ1) is 13.7. The van der Waals surface area contributed by atoms with Gasteiger partial charge in [0.1, 0.15) is 5.82 Å². The van der Waals surface area contributed by atoms with Crippen molar-refractivity contribution in [3.8, 4) is 11.4 Å². The Morgan fingerprint density at radius 2 is 2.20 bits per heavy atom. The van der Waals surface area contributed by atoms with E-state index in [1.807, 2.05) is 0 Å². The van der Waals surface area contributed by atoms with Crippen molar-refractivity contribution in [1.29, 1.82) is 0 Å². The highest BCUT2D eigenvalue weighted by Crippen LogP contribution is 2.32. The fraction of sp³-hybridized carbons (Fsp3) is 0.143. The number of aromatic nitrogens is 2. The van der Waals surface area contributed by atoms with Gasteiger partial charge in [0, 0.05) is 6.07 Å². The Kier molecular flexibility index (Phi) is 3.47. The number of nitrogens with zero attached hydrogens (tertiary/aromatic N) is 3. The molecule has 1 heterocycles. The minimum Gasteiger partial charge on any atom is -0.336 e. The van der Waals surface area contributed by atoms with Crippen molar-refractivity contribution in [3.63, 3.8) is 0 Å². The van der Waals surface area contributed by atoms with E-state index in [-0.39, 0.29) is 5.69 Å². The molecule has 0 spiro atoms. The molecule has 0 fully saturated rings. The van der Waals surface area contributed by atoms with Crippen LogP contribution in [0.1, 0.15) is 18.2 Å². The summed E-state index contributed by atoms with van der Waals surface area (Å²) in [5, 5.41) is 11.2. The number of benzene rings is 1. The summed E-state index contributed by atoms with van der Waals surface area (Å²) in [5.41, 5.74) is 2.60. The van der Waals surface area contributed by atoms with Crippen molar-refractivity contribution >= 4 is 23.8 Å². The summed E-state index contributed by atoms with van der Waals surface area (Å²) in [5.74, 6) is 0.777. The van der Waals surface area contributed by atoms with Crippen molar-refractivity contribution in [2.45, 2.75) is 13.8 Å². The SMILES string of the molecule is C=Nc1nc(-c2ccc(C)cc2[N+](=O)[O-])[nH]c1C(=C)C. The van der Waals surface area contributed by atoms with Crippen LogP contribution in [-0.4, -0.2) is 21.6 Å². The Balaban J connectivity index is 2.66. The van der Waals surface area contributed by atoms with E-state index in [4.69, 9.17) is 0 Å². The molecule has 0 bridgehead atoms. The molecular formula is C14H14N4O2. The number of allylic oxidation sites excluding steroid dienone is 1. The van der Waals surface area contributed by atoms with E-state index >= 15 is 0 Å². The predicted molar refractivity (Wildman–Crippen MR) is 79.3 cm³/mol. The number of hydrogen-bond acceptors (Lipinski definition) is 4. The number of aliphatic imine (C=N–C) groups is 1. The molecule has 0 aliphatic rings. The standard InChI is InChI=1S/C14H14N4O2/c1-8(2)12-14(15-4)17-13(16-12)10-6-5-9(3)7-11(10)18(19)20/h5-7H,1,4H2,2-3H3,(H,16,17). The van der Waals surface area contributed by atoms with Crippen LogP contribution in [0.2, 0.25) is 0 Å². The Labute approximate surface area is 116 Å². The van der Waals surface area contributed by atoms with Gasteiger partial charge in [0.05, 0.1) is 16.2 Å². The van der Waals surface area contributed by atoms with Gasteiger partial charge in [0.25, 0.3) is 5.69 Å². The number of aromatic amines is 1. The fourth-order valence-corrected chi connectivity index (χ4v) is 1.90. The molecule has 0 unspecified atom stereocenters. The van der Waals surface area contributed by atoms with Crippen molar-refractivity contribution in [3.05, 3.63) is 46.1 Å². The Morgan fingerprint density at radius 1 is 1.50 bits per heavy atom. The van der Waals surface area contributed by atoms with Gasteiger partial charge in [-0.3, -0.25) is 10.1 Å². The number of aryl methyl sites for hydroxylation is 1. The van der Waals surface area contributed by atoms with Crippen LogP contribution in [-0.2, 0) is 0 Å². The van der Waals surface area contributed by atoms with E-state index in [9.17, 15) is 10.1 Å². The third-order valence-corrected chi connectivity index (χ3v) is 2.87. The number of imidazole rings is 1. The highest BCUT2D eigenvalue weighted by atomic mass is 16.6. The van der Waals surface area contributed by atoms with Gasteiger partial charge in [0.15, 0.2) is 5.82 Å². The van der Waals surface area contributed by atoms with Crippen LogP contribution in [0.15, 0.2) is 29.8 Å². The van der Waals surface area contributed by atoms with E-state index in [1.54, 1.807) is 26.0 Å². The van der Waals surface area contributed by atoms with Crippen LogP contribution in [0.5, 0.6) is 0 Å². The smallest absolute Gasteiger partial charge is 0.280 e. The fourth-order valence-electron chi connectivity index (χ4n) is 1.90. The number of nitro benzene ring substituents is 1. The summed E-state index contributed by atoms with van der Waals surface area (Å²) in [6, 6.07) is 4.98. The molecule has 102 valence electrons. The largest absolute Gasteiger partial charge is 0.336 e. The highest BCUT2D eigenvalue weighted by Gasteiger charge is 2.20. The summed E-state index contributed by atoms with van der Waals surface area (Å²) >= 11 is 0. The minimum absolute atomic E-state index is 0.00243. The van der Waals surface area contributed by atoms with Crippen LogP contribution < -0.4 is 0 Å². The monoisotopic (exact) mass is 270 g/mol. The zero-order chi connectivity index (χ0) is 14.9. The third kappa shape index (κ3) is 2.35. The lowest BCUT2D eigenvalue weighted by atomic mass is 10.1. The third-order valence-electron chi connectivity index (χ3n) is 2.87. The van der Waals surface area contributed by atoms with Gasteiger partial charge in [0.2, 0.25) is 0 Å². The second-order valence-corrected chi connectivity index (χ2v) is 4.50. The van der Waals surface area contributed by atoms with Gasteiger partial charge in [-0.15, -0.1) is 0 Å². The average molecular weight is 270 g/mol. The van der Waals surface area contributed by atoms with Crippen molar-refractivity contribution < 1.29 is 4.92 Å². The second kappa shape index (κ2) is 5.08. The molecule has 0 aliphatic carbocycles. The number of H-pyrrole nitrogens is 1. The first-order valence-corrected chi connectivity index (χ1v) is 5.92. The lowest BCUT2D eigenvalue weighted by Gasteiger charge is -2.01. The lowest BCUT2D eigenvalue weighted by molar-refractivity contribution is -0.384. The molecule has 1 aromatic heterocycles. The number of rotatable bonds is 4. The first-order valence-electron chi connectivity index (χ1n) is 5.92. The maximum Gasteiger partial charge on any atom is 0.280 e. The van der Waals surface area contributed by atoms with Gasteiger partial charge in [-0.2, -0.15) is 0 Å². The number of nitrogens with one attached hydrogen (secondary N) is 1. The van der Waals surface area contributed by atoms with Crippen molar-refractivity contribution in [2.24, 2.45) is 4.99 Å². The predicted octanol–water partition coefficient (Wildman–Crippen LogP) is 3.66. The molecular weight excluding hydrogens is 256 g/mol. The average Bonchev–Trinajstić information content (AvgIpc) is 2.82.